The van der Waals surface area contributed by atoms with Gasteiger partial charge in [-0.15, -0.1) is 10.2 Å². The maximum absolute atomic E-state index is 6.22. The Labute approximate surface area is 184 Å². The molecule has 0 aliphatic heterocycles. The number of halogens is 1. The van der Waals surface area contributed by atoms with E-state index in [1.54, 1.807) is 17.2 Å². The highest BCUT2D eigenvalue weighted by molar-refractivity contribution is 7.98. The Hall–Kier alpha value is -3.09. The lowest BCUT2D eigenvalue weighted by molar-refractivity contribution is 0.306. The van der Waals surface area contributed by atoms with Crippen LogP contribution < -0.4 is 4.74 Å². The fourth-order valence-corrected chi connectivity index (χ4v) is 3.82. The van der Waals surface area contributed by atoms with E-state index in [-0.39, 0.29) is 0 Å². The third-order valence-corrected chi connectivity index (χ3v) is 5.63. The lowest BCUT2D eigenvalue weighted by Gasteiger charge is -2.06. The number of hydrogen-bond donors (Lipinski definition) is 0. The number of benzene rings is 3. The maximum atomic E-state index is 6.22. The van der Waals surface area contributed by atoms with Crippen molar-refractivity contribution < 1.29 is 4.74 Å². The zero-order chi connectivity index (χ0) is 20.6. The minimum Gasteiger partial charge on any atom is -0.489 e. The van der Waals surface area contributed by atoms with Gasteiger partial charge in [-0.05, 0) is 47.0 Å². The Bertz CT molecular complexity index is 1110. The standard InChI is InChI=1S/C23H19ClN4OS/c24-22-9-5-4-8-20(22)16-30-23-27-25-17-28(23)26-14-18-10-12-21(13-11-18)29-15-19-6-2-1-3-7-19/h1-14,17H,15-16H2/b26-14+. The van der Waals surface area contributed by atoms with Crippen molar-refractivity contribution in [1.82, 2.24) is 14.9 Å². The summed E-state index contributed by atoms with van der Waals surface area (Å²) in [6, 6.07) is 25.7. The van der Waals surface area contributed by atoms with Gasteiger partial charge in [0.1, 0.15) is 18.7 Å². The Morgan fingerprint density at radius 2 is 1.73 bits per heavy atom. The van der Waals surface area contributed by atoms with Crippen LogP contribution in [0.15, 0.2) is 95.4 Å². The smallest absolute Gasteiger partial charge is 0.212 e. The molecular weight excluding hydrogens is 416 g/mol. The number of rotatable bonds is 8. The van der Waals surface area contributed by atoms with E-state index in [2.05, 4.69) is 15.3 Å². The molecule has 7 heteroatoms. The quantitative estimate of drug-likeness (QED) is 0.264. The van der Waals surface area contributed by atoms with Crippen molar-refractivity contribution in [3.05, 3.63) is 107 Å². The summed E-state index contributed by atoms with van der Waals surface area (Å²) < 4.78 is 7.47. The summed E-state index contributed by atoms with van der Waals surface area (Å²) in [5, 5.41) is 14.0. The minimum atomic E-state index is 0.543. The molecule has 0 spiro atoms. The van der Waals surface area contributed by atoms with E-state index in [9.17, 15) is 0 Å². The van der Waals surface area contributed by atoms with Crippen LogP contribution in [0.1, 0.15) is 16.7 Å². The van der Waals surface area contributed by atoms with Gasteiger partial charge in [-0.2, -0.15) is 9.78 Å². The van der Waals surface area contributed by atoms with Crippen molar-refractivity contribution in [3.8, 4) is 5.75 Å². The van der Waals surface area contributed by atoms with Crippen LogP contribution in [-0.4, -0.2) is 21.1 Å². The molecule has 1 heterocycles. The molecule has 150 valence electrons. The van der Waals surface area contributed by atoms with E-state index in [0.717, 1.165) is 27.5 Å². The highest BCUT2D eigenvalue weighted by Crippen LogP contribution is 2.25. The van der Waals surface area contributed by atoms with Gasteiger partial charge in [-0.3, -0.25) is 0 Å². The Kier molecular flexibility index (Phi) is 6.79. The Balaban J connectivity index is 1.35. The highest BCUT2D eigenvalue weighted by atomic mass is 35.5. The van der Waals surface area contributed by atoms with Gasteiger partial charge >= 0.3 is 0 Å². The van der Waals surface area contributed by atoms with Crippen LogP contribution in [0.2, 0.25) is 5.02 Å². The predicted molar refractivity (Wildman–Crippen MR) is 121 cm³/mol. The van der Waals surface area contributed by atoms with Crippen LogP contribution in [0.5, 0.6) is 5.75 Å². The topological polar surface area (TPSA) is 52.3 Å². The van der Waals surface area contributed by atoms with E-state index in [4.69, 9.17) is 16.3 Å². The Morgan fingerprint density at radius 3 is 2.53 bits per heavy atom. The normalized spacial score (nSPS) is 11.1. The average molecular weight is 435 g/mol. The van der Waals surface area contributed by atoms with E-state index in [1.807, 2.05) is 78.9 Å². The highest BCUT2D eigenvalue weighted by Gasteiger charge is 2.06. The lowest BCUT2D eigenvalue weighted by atomic mass is 10.2. The van der Waals surface area contributed by atoms with Crippen molar-refractivity contribution in [3.63, 3.8) is 0 Å². The molecule has 0 saturated carbocycles. The molecule has 0 unspecified atom stereocenters. The molecule has 0 aliphatic carbocycles. The number of ether oxygens (including phenoxy) is 1. The number of thioether (sulfide) groups is 1. The van der Waals surface area contributed by atoms with Crippen LogP contribution in [-0.2, 0) is 12.4 Å². The number of nitrogens with zero attached hydrogens (tertiary/aromatic N) is 4. The predicted octanol–water partition coefficient (Wildman–Crippen LogP) is 5.69. The van der Waals surface area contributed by atoms with Gasteiger partial charge in [0.2, 0.25) is 5.16 Å². The second-order valence-electron chi connectivity index (χ2n) is 6.43. The van der Waals surface area contributed by atoms with Crippen molar-refractivity contribution in [2.45, 2.75) is 17.5 Å². The monoisotopic (exact) mass is 434 g/mol. The van der Waals surface area contributed by atoms with E-state index in [0.29, 0.717) is 17.5 Å². The summed E-state index contributed by atoms with van der Waals surface area (Å²) in [6.45, 7) is 0.543. The number of aromatic nitrogens is 3. The molecule has 0 amide bonds. The first-order chi connectivity index (χ1) is 14.8. The maximum Gasteiger partial charge on any atom is 0.212 e. The third kappa shape index (κ3) is 5.49. The van der Waals surface area contributed by atoms with Crippen molar-refractivity contribution in [2.75, 3.05) is 0 Å². The van der Waals surface area contributed by atoms with Crippen LogP contribution in [0.4, 0.5) is 0 Å². The third-order valence-electron chi connectivity index (χ3n) is 4.27. The summed E-state index contributed by atoms with van der Waals surface area (Å²) in [6.07, 6.45) is 3.35. The molecule has 30 heavy (non-hydrogen) atoms. The molecule has 0 N–H and O–H groups in total. The SMILES string of the molecule is Clc1ccccc1CSc1nncn1/N=C/c1ccc(OCc2ccccc2)cc1. The molecule has 4 aromatic rings. The minimum absolute atomic E-state index is 0.543. The summed E-state index contributed by atoms with van der Waals surface area (Å²) in [5.74, 6) is 1.51. The van der Waals surface area contributed by atoms with Gasteiger partial charge in [0.05, 0.1) is 6.21 Å². The summed E-state index contributed by atoms with van der Waals surface area (Å²) in [7, 11) is 0. The molecule has 0 aliphatic rings. The van der Waals surface area contributed by atoms with Crippen LogP contribution in [0.3, 0.4) is 0 Å². The van der Waals surface area contributed by atoms with Crippen LogP contribution in [0.25, 0.3) is 0 Å². The zero-order valence-corrected chi connectivity index (χ0v) is 17.6. The summed E-state index contributed by atoms with van der Waals surface area (Å²) >= 11 is 7.75. The first-order valence-electron chi connectivity index (χ1n) is 9.35. The van der Waals surface area contributed by atoms with Gasteiger partial charge < -0.3 is 4.74 Å². The molecule has 1 aromatic heterocycles. The van der Waals surface area contributed by atoms with Crippen LogP contribution in [0, 0.1) is 0 Å². The summed E-state index contributed by atoms with van der Waals surface area (Å²) in [5.41, 5.74) is 3.14. The number of hydrogen-bond acceptors (Lipinski definition) is 5. The summed E-state index contributed by atoms with van der Waals surface area (Å²) in [4.78, 5) is 0. The molecule has 0 atom stereocenters. The lowest BCUT2D eigenvalue weighted by Crippen LogP contribution is -1.95. The van der Waals surface area contributed by atoms with Crippen molar-refractivity contribution in [1.29, 1.82) is 0 Å². The molecule has 3 aromatic carbocycles. The van der Waals surface area contributed by atoms with Crippen LogP contribution >= 0.6 is 23.4 Å². The second kappa shape index (κ2) is 10.1. The molecule has 0 saturated heterocycles. The van der Waals surface area contributed by atoms with E-state index < -0.39 is 0 Å². The van der Waals surface area contributed by atoms with E-state index >= 15 is 0 Å². The van der Waals surface area contributed by atoms with Gasteiger partial charge in [0, 0.05) is 10.8 Å². The van der Waals surface area contributed by atoms with Crippen molar-refractivity contribution >= 4 is 29.6 Å². The van der Waals surface area contributed by atoms with Gasteiger partial charge in [-0.25, -0.2) is 0 Å². The fourth-order valence-electron chi connectivity index (χ4n) is 2.67. The zero-order valence-electron chi connectivity index (χ0n) is 16.1. The molecule has 0 fully saturated rings. The van der Waals surface area contributed by atoms with Crippen molar-refractivity contribution in [2.24, 2.45) is 5.10 Å². The van der Waals surface area contributed by atoms with E-state index in [1.165, 1.54) is 11.8 Å². The molecule has 0 bridgehead atoms. The first-order valence-corrected chi connectivity index (χ1v) is 10.7. The fraction of sp³-hybridized carbons (Fsp3) is 0.0870. The average Bonchev–Trinajstić information content (AvgIpc) is 3.24. The Morgan fingerprint density at radius 1 is 0.967 bits per heavy atom. The van der Waals surface area contributed by atoms with Gasteiger partial charge in [-0.1, -0.05) is 71.9 Å². The first kappa shape index (κ1) is 20.2. The molecular formula is C23H19ClN4OS. The largest absolute Gasteiger partial charge is 0.489 e. The molecule has 4 rings (SSSR count). The van der Waals surface area contributed by atoms with Gasteiger partial charge in [0.25, 0.3) is 0 Å². The van der Waals surface area contributed by atoms with Gasteiger partial charge in [0.15, 0.2) is 0 Å². The molecule has 5 nitrogen and oxygen atoms in total. The second-order valence-corrected chi connectivity index (χ2v) is 7.78. The molecule has 0 radical (unpaired) electrons.